The van der Waals surface area contributed by atoms with Crippen LogP contribution in [0.15, 0.2) is 47.7 Å². The number of nitrogens with one attached hydrogen (secondary N) is 1. The summed E-state index contributed by atoms with van der Waals surface area (Å²) in [6, 6.07) is 11.1. The molecule has 2 aliphatic heterocycles. The number of carbonyl (C=O) groups is 2. The van der Waals surface area contributed by atoms with Crippen molar-refractivity contribution in [2.75, 3.05) is 59.6 Å². The number of nitrogens with zero attached hydrogens (tertiary/aromatic N) is 5. The van der Waals surface area contributed by atoms with Gasteiger partial charge in [-0.05, 0) is 24.6 Å². The molecule has 1 aromatic heterocycles. The first-order valence-electron chi connectivity index (χ1n) is 13.0. The molecule has 200 valence electrons. The number of ether oxygens (including phenoxy) is 2. The Kier molecular flexibility index (Phi) is 9.19. The molecular weight excluding hydrogens is 472 g/mol. The molecular formula is C27H38N6O4. The van der Waals surface area contributed by atoms with Gasteiger partial charge in [-0.1, -0.05) is 25.1 Å². The van der Waals surface area contributed by atoms with Crippen LogP contribution in [0.25, 0.3) is 0 Å². The van der Waals surface area contributed by atoms with Crippen LogP contribution in [0.4, 0.5) is 4.79 Å². The van der Waals surface area contributed by atoms with Gasteiger partial charge in [-0.3, -0.25) is 9.69 Å². The standard InChI is InChI=1S/C27H38N6O4/c1-4-11-28-27(35)32(14-13-31-15-17-37-18-16-31)20-26(34)33-24(21-8-5-6-10-25(21)36-3)19-22(29-33)23-9-7-12-30(23)2/h5-10,12,24H,4,11,13-20H2,1-3H3,(H,28,35). The molecule has 2 aromatic rings. The van der Waals surface area contributed by atoms with Gasteiger partial charge in [0, 0.05) is 58.0 Å². The first kappa shape index (κ1) is 26.7. The van der Waals surface area contributed by atoms with Gasteiger partial charge < -0.3 is 24.3 Å². The van der Waals surface area contributed by atoms with E-state index in [9.17, 15) is 9.59 Å². The van der Waals surface area contributed by atoms with Gasteiger partial charge in [0.2, 0.25) is 0 Å². The minimum Gasteiger partial charge on any atom is -0.496 e. The summed E-state index contributed by atoms with van der Waals surface area (Å²) in [6.45, 7) is 6.66. The van der Waals surface area contributed by atoms with Crippen LogP contribution in [0, 0.1) is 0 Å². The topological polar surface area (TPSA) is 91.6 Å². The minimum absolute atomic E-state index is 0.0601. The Hall–Kier alpha value is -3.37. The highest BCUT2D eigenvalue weighted by Gasteiger charge is 2.36. The molecule has 2 aliphatic rings. The maximum atomic E-state index is 13.8. The van der Waals surface area contributed by atoms with Crippen LogP contribution >= 0.6 is 0 Å². The lowest BCUT2D eigenvalue weighted by atomic mass is 9.99. The van der Waals surface area contributed by atoms with Crippen molar-refractivity contribution in [3.05, 3.63) is 53.9 Å². The fraction of sp³-hybridized carbons (Fsp3) is 0.519. The SMILES string of the molecule is CCCNC(=O)N(CCN1CCOCC1)CC(=O)N1N=C(c2cccn2C)CC1c1ccccc1OC. The van der Waals surface area contributed by atoms with E-state index in [2.05, 4.69) is 10.2 Å². The summed E-state index contributed by atoms with van der Waals surface area (Å²) in [5.41, 5.74) is 2.67. The quantitative estimate of drug-likeness (QED) is 0.530. The van der Waals surface area contributed by atoms with Crippen molar-refractivity contribution in [3.8, 4) is 5.75 Å². The summed E-state index contributed by atoms with van der Waals surface area (Å²) in [6.07, 6.45) is 3.34. The molecule has 1 N–H and O–H groups in total. The molecule has 10 heteroatoms. The third-order valence-electron chi connectivity index (χ3n) is 6.83. The van der Waals surface area contributed by atoms with Crippen LogP contribution in [0.1, 0.15) is 37.1 Å². The largest absolute Gasteiger partial charge is 0.496 e. The molecule has 1 saturated heterocycles. The average Bonchev–Trinajstić information content (AvgIpc) is 3.56. The van der Waals surface area contributed by atoms with E-state index in [4.69, 9.17) is 14.6 Å². The molecule has 4 rings (SSSR count). The summed E-state index contributed by atoms with van der Waals surface area (Å²) in [7, 11) is 3.59. The molecule has 1 atom stereocenters. The molecule has 1 fully saturated rings. The number of methoxy groups -OCH3 is 1. The summed E-state index contributed by atoms with van der Waals surface area (Å²) < 4.78 is 13.1. The first-order chi connectivity index (χ1) is 18.0. The third kappa shape index (κ3) is 6.50. The van der Waals surface area contributed by atoms with Crippen molar-refractivity contribution in [1.82, 2.24) is 24.7 Å². The number of urea groups is 1. The molecule has 0 aliphatic carbocycles. The molecule has 37 heavy (non-hydrogen) atoms. The number of para-hydroxylation sites is 1. The van der Waals surface area contributed by atoms with Crippen LogP contribution < -0.4 is 10.1 Å². The molecule has 0 radical (unpaired) electrons. The zero-order valence-electron chi connectivity index (χ0n) is 22.1. The fourth-order valence-electron chi connectivity index (χ4n) is 4.76. The van der Waals surface area contributed by atoms with E-state index in [-0.39, 0.29) is 24.5 Å². The zero-order valence-corrected chi connectivity index (χ0v) is 22.1. The smallest absolute Gasteiger partial charge is 0.317 e. The van der Waals surface area contributed by atoms with Crippen LogP contribution in [0.3, 0.4) is 0 Å². The number of hydrogen-bond donors (Lipinski definition) is 1. The van der Waals surface area contributed by atoms with E-state index < -0.39 is 0 Å². The molecule has 0 spiro atoms. The number of amides is 3. The van der Waals surface area contributed by atoms with Gasteiger partial charge in [-0.2, -0.15) is 5.10 Å². The lowest BCUT2D eigenvalue weighted by Gasteiger charge is -2.31. The van der Waals surface area contributed by atoms with Crippen molar-refractivity contribution in [1.29, 1.82) is 0 Å². The van der Waals surface area contributed by atoms with Gasteiger partial charge in [-0.25, -0.2) is 9.80 Å². The van der Waals surface area contributed by atoms with Gasteiger partial charge in [0.15, 0.2) is 0 Å². The number of carbonyl (C=O) groups excluding carboxylic acids is 2. The van der Waals surface area contributed by atoms with Crippen LogP contribution in [-0.2, 0) is 16.6 Å². The molecule has 0 saturated carbocycles. The molecule has 0 bridgehead atoms. The minimum atomic E-state index is -0.326. The molecule has 1 unspecified atom stereocenters. The maximum Gasteiger partial charge on any atom is 0.317 e. The molecule has 3 heterocycles. The zero-order chi connectivity index (χ0) is 26.2. The number of hydrazone groups is 1. The highest BCUT2D eigenvalue weighted by Crippen LogP contribution is 2.37. The van der Waals surface area contributed by atoms with Gasteiger partial charge in [0.1, 0.15) is 12.3 Å². The summed E-state index contributed by atoms with van der Waals surface area (Å²) >= 11 is 0. The predicted octanol–water partition coefficient (Wildman–Crippen LogP) is 2.47. The summed E-state index contributed by atoms with van der Waals surface area (Å²) in [5.74, 6) is 0.479. The second-order valence-electron chi connectivity index (χ2n) is 9.36. The van der Waals surface area contributed by atoms with E-state index in [1.807, 2.05) is 61.1 Å². The normalized spacial score (nSPS) is 18.0. The van der Waals surface area contributed by atoms with Crippen molar-refractivity contribution in [3.63, 3.8) is 0 Å². The number of aryl methyl sites for hydroxylation is 1. The van der Waals surface area contributed by atoms with E-state index in [1.54, 1.807) is 12.0 Å². The Balaban J connectivity index is 1.57. The lowest BCUT2D eigenvalue weighted by molar-refractivity contribution is -0.133. The average molecular weight is 511 g/mol. The van der Waals surface area contributed by atoms with Crippen molar-refractivity contribution in [2.45, 2.75) is 25.8 Å². The van der Waals surface area contributed by atoms with Crippen molar-refractivity contribution >= 4 is 17.6 Å². The van der Waals surface area contributed by atoms with Gasteiger partial charge in [0.25, 0.3) is 5.91 Å². The van der Waals surface area contributed by atoms with E-state index in [0.717, 1.165) is 36.5 Å². The second-order valence-corrected chi connectivity index (χ2v) is 9.36. The number of rotatable bonds is 10. The number of hydrogen-bond acceptors (Lipinski definition) is 6. The van der Waals surface area contributed by atoms with E-state index in [0.29, 0.717) is 45.0 Å². The highest BCUT2D eigenvalue weighted by atomic mass is 16.5. The van der Waals surface area contributed by atoms with Gasteiger partial charge in [-0.15, -0.1) is 0 Å². The summed E-state index contributed by atoms with van der Waals surface area (Å²) in [4.78, 5) is 30.7. The third-order valence-corrected chi connectivity index (χ3v) is 6.83. The first-order valence-corrected chi connectivity index (χ1v) is 13.0. The number of benzene rings is 1. The molecule has 3 amide bonds. The van der Waals surface area contributed by atoms with Gasteiger partial charge in [0.05, 0.1) is 37.8 Å². The Morgan fingerprint density at radius 2 is 1.97 bits per heavy atom. The predicted molar refractivity (Wildman–Crippen MR) is 142 cm³/mol. The number of morpholine rings is 1. The van der Waals surface area contributed by atoms with E-state index in [1.165, 1.54) is 5.01 Å². The van der Waals surface area contributed by atoms with Crippen molar-refractivity contribution in [2.24, 2.45) is 12.1 Å². The van der Waals surface area contributed by atoms with E-state index >= 15 is 0 Å². The Labute approximate surface area is 218 Å². The van der Waals surface area contributed by atoms with Crippen molar-refractivity contribution < 1.29 is 19.1 Å². The fourth-order valence-corrected chi connectivity index (χ4v) is 4.76. The Bertz CT molecular complexity index is 1090. The van der Waals surface area contributed by atoms with Crippen LogP contribution in [0.2, 0.25) is 0 Å². The highest BCUT2D eigenvalue weighted by molar-refractivity contribution is 6.02. The van der Waals surface area contributed by atoms with Crippen LogP contribution in [-0.4, -0.2) is 96.6 Å². The van der Waals surface area contributed by atoms with Gasteiger partial charge >= 0.3 is 6.03 Å². The number of aromatic nitrogens is 1. The summed E-state index contributed by atoms with van der Waals surface area (Å²) in [5, 5.41) is 9.25. The Morgan fingerprint density at radius 1 is 1.19 bits per heavy atom. The second kappa shape index (κ2) is 12.7. The lowest BCUT2D eigenvalue weighted by Crippen LogP contribution is -2.49. The van der Waals surface area contributed by atoms with Crippen LogP contribution in [0.5, 0.6) is 5.75 Å². The molecule has 10 nitrogen and oxygen atoms in total. The Morgan fingerprint density at radius 3 is 2.68 bits per heavy atom. The maximum absolute atomic E-state index is 13.8. The monoisotopic (exact) mass is 510 g/mol. The molecule has 1 aromatic carbocycles.